The molecule has 0 aliphatic carbocycles. The second-order valence-corrected chi connectivity index (χ2v) is 5.37. The molecule has 1 aliphatic rings. The van der Waals surface area contributed by atoms with E-state index in [-0.39, 0.29) is 0 Å². The minimum absolute atomic E-state index is 0.625. The summed E-state index contributed by atoms with van der Waals surface area (Å²) in [5, 5.41) is 3.49. The first-order chi connectivity index (χ1) is 9.76. The summed E-state index contributed by atoms with van der Waals surface area (Å²) in [6, 6.07) is 6.58. The molecule has 0 saturated carbocycles. The van der Waals surface area contributed by atoms with Crippen molar-refractivity contribution < 1.29 is 4.74 Å². The number of anilines is 2. The van der Waals surface area contributed by atoms with E-state index in [2.05, 4.69) is 24.1 Å². The molecule has 2 rings (SSSR count). The molecule has 0 aromatic heterocycles. The zero-order valence-corrected chi connectivity index (χ0v) is 12.7. The van der Waals surface area contributed by atoms with Gasteiger partial charge in [-0.2, -0.15) is 0 Å². The highest BCUT2D eigenvalue weighted by atomic mass is 16.5. The molecule has 1 heterocycles. The molecular formula is C16H27N3O. The fourth-order valence-electron chi connectivity index (χ4n) is 2.81. The zero-order chi connectivity index (χ0) is 14.4. The molecule has 1 unspecified atom stereocenters. The lowest BCUT2D eigenvalue weighted by Crippen LogP contribution is -2.34. The van der Waals surface area contributed by atoms with E-state index in [1.807, 2.05) is 18.2 Å². The molecule has 4 heteroatoms. The summed E-state index contributed by atoms with van der Waals surface area (Å²) < 4.78 is 5.67. The van der Waals surface area contributed by atoms with Crippen LogP contribution >= 0.6 is 0 Å². The number of nitrogens with two attached hydrogens (primary N) is 1. The van der Waals surface area contributed by atoms with E-state index in [0.29, 0.717) is 12.6 Å². The number of hydrogen-bond acceptors (Lipinski definition) is 4. The molecular weight excluding hydrogens is 250 g/mol. The molecule has 0 spiro atoms. The summed E-state index contributed by atoms with van der Waals surface area (Å²) in [6.45, 7) is 8.33. The van der Waals surface area contributed by atoms with Gasteiger partial charge in [0.25, 0.3) is 0 Å². The molecule has 0 amide bonds. The summed E-state index contributed by atoms with van der Waals surface area (Å²) in [7, 11) is 0. The highest BCUT2D eigenvalue weighted by Crippen LogP contribution is 2.30. The number of nitrogens with one attached hydrogen (secondary N) is 1. The van der Waals surface area contributed by atoms with Crippen molar-refractivity contribution in [1.29, 1.82) is 0 Å². The van der Waals surface area contributed by atoms with Gasteiger partial charge in [0.1, 0.15) is 5.75 Å². The van der Waals surface area contributed by atoms with Gasteiger partial charge in [-0.15, -0.1) is 0 Å². The van der Waals surface area contributed by atoms with Gasteiger partial charge in [-0.05, 0) is 44.5 Å². The molecule has 1 saturated heterocycles. The van der Waals surface area contributed by atoms with E-state index in [0.717, 1.165) is 36.6 Å². The number of benzene rings is 1. The van der Waals surface area contributed by atoms with Crippen molar-refractivity contribution in [1.82, 2.24) is 4.90 Å². The first-order valence-electron chi connectivity index (χ1n) is 7.75. The van der Waals surface area contributed by atoms with Gasteiger partial charge >= 0.3 is 0 Å². The fourth-order valence-corrected chi connectivity index (χ4v) is 2.81. The Morgan fingerprint density at radius 2 is 2.25 bits per heavy atom. The van der Waals surface area contributed by atoms with E-state index < -0.39 is 0 Å². The fraction of sp³-hybridized carbons (Fsp3) is 0.625. The quantitative estimate of drug-likeness (QED) is 0.752. The van der Waals surface area contributed by atoms with E-state index in [1.54, 1.807) is 0 Å². The molecule has 112 valence electrons. The first kappa shape index (κ1) is 15.0. The number of hydrogen-bond donors (Lipinski definition) is 2. The van der Waals surface area contributed by atoms with Crippen LogP contribution in [0.25, 0.3) is 0 Å². The smallest absolute Gasteiger partial charge is 0.144 e. The summed E-state index contributed by atoms with van der Waals surface area (Å²) >= 11 is 0. The molecule has 1 aromatic rings. The van der Waals surface area contributed by atoms with Gasteiger partial charge in [0, 0.05) is 12.6 Å². The minimum Gasteiger partial charge on any atom is -0.491 e. The summed E-state index contributed by atoms with van der Waals surface area (Å²) in [5.41, 5.74) is 7.89. The van der Waals surface area contributed by atoms with E-state index in [4.69, 9.17) is 10.5 Å². The van der Waals surface area contributed by atoms with Gasteiger partial charge in [0.2, 0.25) is 0 Å². The Balaban J connectivity index is 1.95. The van der Waals surface area contributed by atoms with Crippen molar-refractivity contribution in [3.05, 3.63) is 18.2 Å². The van der Waals surface area contributed by atoms with Crippen LogP contribution in [0.2, 0.25) is 0 Å². The van der Waals surface area contributed by atoms with E-state index >= 15 is 0 Å². The van der Waals surface area contributed by atoms with Crippen LogP contribution in [0.4, 0.5) is 11.4 Å². The second kappa shape index (κ2) is 7.39. The summed E-state index contributed by atoms with van der Waals surface area (Å²) in [6.07, 6.45) is 3.56. The Morgan fingerprint density at radius 1 is 1.40 bits per heavy atom. The van der Waals surface area contributed by atoms with Crippen LogP contribution in [0.5, 0.6) is 5.75 Å². The normalized spacial score (nSPS) is 19.2. The Labute approximate surface area is 122 Å². The van der Waals surface area contributed by atoms with Crippen molar-refractivity contribution in [2.45, 2.75) is 39.2 Å². The highest BCUT2D eigenvalue weighted by Gasteiger charge is 2.22. The van der Waals surface area contributed by atoms with Gasteiger partial charge < -0.3 is 15.8 Å². The van der Waals surface area contributed by atoms with Crippen LogP contribution in [0.1, 0.15) is 33.1 Å². The van der Waals surface area contributed by atoms with Gasteiger partial charge in [-0.25, -0.2) is 0 Å². The third kappa shape index (κ3) is 3.57. The first-order valence-corrected chi connectivity index (χ1v) is 7.75. The predicted molar refractivity (Wildman–Crippen MR) is 85.4 cm³/mol. The maximum Gasteiger partial charge on any atom is 0.144 e. The monoisotopic (exact) mass is 277 g/mol. The number of nitrogen functional groups attached to an aromatic ring is 1. The molecule has 0 bridgehead atoms. The third-order valence-corrected chi connectivity index (χ3v) is 3.96. The molecule has 20 heavy (non-hydrogen) atoms. The largest absolute Gasteiger partial charge is 0.491 e. The molecule has 1 aliphatic heterocycles. The zero-order valence-electron chi connectivity index (χ0n) is 12.7. The lowest BCUT2D eigenvalue weighted by Gasteiger charge is -2.24. The van der Waals surface area contributed by atoms with Crippen molar-refractivity contribution in [2.24, 2.45) is 0 Å². The molecule has 4 nitrogen and oxygen atoms in total. The van der Waals surface area contributed by atoms with Crippen LogP contribution in [0.3, 0.4) is 0 Å². The molecule has 0 radical (unpaired) electrons. The Kier molecular flexibility index (Phi) is 5.53. The van der Waals surface area contributed by atoms with Gasteiger partial charge in [0.05, 0.1) is 18.0 Å². The van der Waals surface area contributed by atoms with Crippen molar-refractivity contribution in [2.75, 3.05) is 37.3 Å². The minimum atomic E-state index is 0.625. The summed E-state index contributed by atoms with van der Waals surface area (Å²) in [5.74, 6) is 0.788. The summed E-state index contributed by atoms with van der Waals surface area (Å²) in [4.78, 5) is 2.53. The number of likely N-dealkylation sites (N-methyl/N-ethyl adjacent to an activating group) is 1. The average Bonchev–Trinajstić information content (AvgIpc) is 2.92. The van der Waals surface area contributed by atoms with Crippen molar-refractivity contribution in [3.63, 3.8) is 0 Å². The Hall–Kier alpha value is -1.42. The average molecular weight is 277 g/mol. The van der Waals surface area contributed by atoms with Crippen molar-refractivity contribution >= 4 is 11.4 Å². The van der Waals surface area contributed by atoms with Crippen molar-refractivity contribution in [3.8, 4) is 5.75 Å². The van der Waals surface area contributed by atoms with Gasteiger partial charge in [-0.3, -0.25) is 4.90 Å². The van der Waals surface area contributed by atoms with Crippen LogP contribution in [-0.4, -0.2) is 37.2 Å². The number of para-hydroxylation sites is 1. The highest BCUT2D eigenvalue weighted by molar-refractivity contribution is 5.72. The third-order valence-electron chi connectivity index (χ3n) is 3.96. The van der Waals surface area contributed by atoms with E-state index in [1.165, 1.54) is 19.4 Å². The number of rotatable bonds is 7. The van der Waals surface area contributed by atoms with E-state index in [9.17, 15) is 0 Å². The molecule has 1 fully saturated rings. The number of nitrogens with zero attached hydrogens (tertiary/aromatic N) is 1. The molecule has 1 atom stereocenters. The molecule has 3 N–H and O–H groups in total. The van der Waals surface area contributed by atoms with Crippen LogP contribution in [0.15, 0.2) is 18.2 Å². The van der Waals surface area contributed by atoms with Gasteiger partial charge in [-0.1, -0.05) is 19.9 Å². The van der Waals surface area contributed by atoms with Crippen LogP contribution in [0, 0.1) is 0 Å². The van der Waals surface area contributed by atoms with Gasteiger partial charge in [0.15, 0.2) is 0 Å². The lowest BCUT2D eigenvalue weighted by molar-refractivity contribution is 0.277. The predicted octanol–water partition coefficient (Wildman–Crippen LogP) is 2.95. The SMILES string of the molecule is CCCOc1cccc(NCC2CCCN2CC)c1N. The molecule has 1 aromatic carbocycles. The van der Waals surface area contributed by atoms with Crippen LogP contribution in [-0.2, 0) is 0 Å². The van der Waals surface area contributed by atoms with Crippen LogP contribution < -0.4 is 15.8 Å². The topological polar surface area (TPSA) is 50.5 Å². The maximum absolute atomic E-state index is 6.17. The standard InChI is InChI=1S/C16H27N3O/c1-3-11-20-15-9-5-8-14(16(15)17)18-12-13-7-6-10-19(13)4-2/h5,8-9,13,18H,3-4,6-7,10-12,17H2,1-2H3. The Morgan fingerprint density at radius 3 is 3.00 bits per heavy atom. The number of likely N-dealkylation sites (tertiary alicyclic amines) is 1. The Bertz CT molecular complexity index is 422. The maximum atomic E-state index is 6.17. The second-order valence-electron chi connectivity index (χ2n) is 5.37. The number of ether oxygens (including phenoxy) is 1. The lowest BCUT2D eigenvalue weighted by atomic mass is 10.2.